The third-order valence-electron chi connectivity index (χ3n) is 9.13. The number of rotatable bonds is 9. The second kappa shape index (κ2) is 14.0. The van der Waals surface area contributed by atoms with Crippen LogP contribution < -0.4 is 25.2 Å². The third kappa shape index (κ3) is 7.30. The van der Waals surface area contributed by atoms with Gasteiger partial charge < -0.3 is 20.3 Å². The molecule has 238 valence electrons. The van der Waals surface area contributed by atoms with E-state index in [1.54, 1.807) is 12.0 Å². The van der Waals surface area contributed by atoms with Gasteiger partial charge in [-0.15, -0.1) is 0 Å². The molecule has 3 aromatic rings. The maximum atomic E-state index is 13.4. The number of halogens is 1. The van der Waals surface area contributed by atoms with Crippen molar-refractivity contribution in [2.75, 3.05) is 99.5 Å². The van der Waals surface area contributed by atoms with Gasteiger partial charge in [-0.25, -0.2) is 4.79 Å². The normalized spacial score (nSPS) is 18.5. The highest BCUT2D eigenvalue weighted by Crippen LogP contribution is 2.33. The number of hydrogen-bond acceptors (Lipinski definition) is 8. The van der Waals surface area contributed by atoms with Gasteiger partial charge in [0.2, 0.25) is 5.91 Å². The first kappa shape index (κ1) is 31.0. The largest absolute Gasteiger partial charge is 0.497 e. The Morgan fingerprint density at radius 1 is 0.733 bits per heavy atom. The van der Waals surface area contributed by atoms with Crippen molar-refractivity contribution in [2.24, 2.45) is 0 Å². The molecule has 3 saturated heterocycles. The summed E-state index contributed by atoms with van der Waals surface area (Å²) < 4.78 is 5.22. The number of urea groups is 1. The number of ether oxygens (including phenoxy) is 1. The molecule has 3 aliphatic rings. The Morgan fingerprint density at radius 3 is 1.89 bits per heavy atom. The minimum absolute atomic E-state index is 0.182. The number of nitrogen functional groups attached to an aromatic ring is 1. The first-order valence-electron chi connectivity index (χ1n) is 15.7. The van der Waals surface area contributed by atoms with Crippen LogP contribution in [0.5, 0.6) is 5.75 Å². The zero-order valence-corrected chi connectivity index (χ0v) is 26.7. The van der Waals surface area contributed by atoms with E-state index in [2.05, 4.69) is 31.7 Å². The molecule has 2 N–H and O–H groups in total. The van der Waals surface area contributed by atoms with Gasteiger partial charge in [0.05, 0.1) is 24.4 Å². The summed E-state index contributed by atoms with van der Waals surface area (Å²) in [5.74, 6) is 0.545. The number of carbonyl (C=O) groups excluding carboxylic acids is 2. The summed E-state index contributed by atoms with van der Waals surface area (Å²) >= 11 is 6.78. The molecule has 0 spiro atoms. The number of nitrogens with two attached hydrogens (primary N) is 1. The molecule has 6 rings (SSSR count). The summed E-state index contributed by atoms with van der Waals surface area (Å²) in [4.78, 5) is 38.9. The Hall–Kier alpha value is -3.99. The minimum Gasteiger partial charge on any atom is -0.497 e. The number of benzene rings is 3. The third-order valence-corrected chi connectivity index (χ3v) is 9.44. The van der Waals surface area contributed by atoms with Crippen LogP contribution in [0.25, 0.3) is 0 Å². The zero-order valence-electron chi connectivity index (χ0n) is 25.9. The van der Waals surface area contributed by atoms with Gasteiger partial charge in [0.25, 0.3) is 0 Å². The van der Waals surface area contributed by atoms with Gasteiger partial charge in [0, 0.05) is 95.5 Å². The molecule has 3 aliphatic heterocycles. The van der Waals surface area contributed by atoms with Gasteiger partial charge in [-0.2, -0.15) is 0 Å². The Kier molecular flexibility index (Phi) is 9.63. The standard InChI is InChI=1S/C34H42ClN7O3/c1-45-30-9-2-26(3-10-30)25-42-33(43)12-13-41(34(42)44)32-11-8-29(24-31(32)35)40-22-18-38(19-23-40)15-14-37-16-20-39(21-17-37)28-6-4-27(36)5-7-28/h2-11,24H,12-23,25,36H2,1H3. The SMILES string of the molecule is COc1ccc(CN2C(=O)CCN(c3ccc(N4CCN(CCN5CCN(c6ccc(N)cc6)CC5)CC4)cc3Cl)C2=O)cc1. The summed E-state index contributed by atoms with van der Waals surface area (Å²) in [5.41, 5.74) is 10.4. The van der Waals surface area contributed by atoms with Crippen LogP contribution in [0.4, 0.5) is 27.5 Å². The molecule has 0 atom stereocenters. The molecule has 0 saturated carbocycles. The average molecular weight is 632 g/mol. The van der Waals surface area contributed by atoms with Gasteiger partial charge in [0.15, 0.2) is 0 Å². The Bertz CT molecular complexity index is 1470. The average Bonchev–Trinajstić information content (AvgIpc) is 3.07. The monoisotopic (exact) mass is 631 g/mol. The fourth-order valence-corrected chi connectivity index (χ4v) is 6.60. The molecule has 0 bridgehead atoms. The summed E-state index contributed by atoms with van der Waals surface area (Å²) in [6.07, 6.45) is 0.250. The van der Waals surface area contributed by atoms with Crippen molar-refractivity contribution in [3.63, 3.8) is 0 Å². The Morgan fingerprint density at radius 2 is 1.31 bits per heavy atom. The molecule has 0 radical (unpaired) electrons. The number of amides is 3. The molecule has 0 unspecified atom stereocenters. The molecule has 0 aromatic heterocycles. The van der Waals surface area contributed by atoms with E-state index in [4.69, 9.17) is 22.1 Å². The van der Waals surface area contributed by atoms with Gasteiger partial charge in [-0.05, 0) is 60.2 Å². The van der Waals surface area contributed by atoms with Crippen molar-refractivity contribution in [2.45, 2.75) is 13.0 Å². The summed E-state index contributed by atoms with van der Waals surface area (Å²) in [7, 11) is 1.61. The van der Waals surface area contributed by atoms with Crippen LogP contribution in [0.1, 0.15) is 12.0 Å². The van der Waals surface area contributed by atoms with Gasteiger partial charge in [0.1, 0.15) is 5.75 Å². The highest BCUT2D eigenvalue weighted by atomic mass is 35.5. The molecule has 11 heteroatoms. The van der Waals surface area contributed by atoms with Crippen LogP contribution >= 0.6 is 11.6 Å². The Balaban J connectivity index is 0.981. The lowest BCUT2D eigenvalue weighted by Gasteiger charge is -2.39. The maximum absolute atomic E-state index is 13.4. The number of imide groups is 1. The molecule has 3 heterocycles. The molecule has 45 heavy (non-hydrogen) atoms. The predicted octanol–water partition coefficient (Wildman–Crippen LogP) is 4.23. The zero-order chi connectivity index (χ0) is 31.3. The van der Waals surface area contributed by atoms with E-state index in [1.807, 2.05) is 54.6 Å². The second-order valence-corrected chi connectivity index (χ2v) is 12.3. The molecular weight excluding hydrogens is 590 g/mol. The van der Waals surface area contributed by atoms with Gasteiger partial charge in [-0.1, -0.05) is 23.7 Å². The van der Waals surface area contributed by atoms with Crippen LogP contribution in [0.2, 0.25) is 5.02 Å². The number of anilines is 4. The van der Waals surface area contributed by atoms with Crippen LogP contribution in [0.15, 0.2) is 66.7 Å². The lowest BCUT2D eigenvalue weighted by molar-refractivity contribution is -0.129. The maximum Gasteiger partial charge on any atom is 0.331 e. The van der Waals surface area contributed by atoms with E-state index in [-0.39, 0.29) is 24.9 Å². The van der Waals surface area contributed by atoms with Crippen molar-refractivity contribution in [3.8, 4) is 5.75 Å². The lowest BCUT2D eigenvalue weighted by Crippen LogP contribution is -2.52. The Labute approximate surface area is 270 Å². The molecule has 0 aliphatic carbocycles. The van der Waals surface area contributed by atoms with Crippen LogP contribution in [-0.2, 0) is 11.3 Å². The number of nitrogens with zero attached hydrogens (tertiary/aromatic N) is 6. The summed E-state index contributed by atoms with van der Waals surface area (Å²) in [5, 5.41) is 0.514. The van der Waals surface area contributed by atoms with Crippen molar-refractivity contribution >= 4 is 46.3 Å². The van der Waals surface area contributed by atoms with Crippen LogP contribution in [0.3, 0.4) is 0 Å². The molecule has 3 amide bonds. The van der Waals surface area contributed by atoms with E-state index in [9.17, 15) is 9.59 Å². The van der Waals surface area contributed by atoms with Crippen molar-refractivity contribution in [3.05, 3.63) is 77.3 Å². The van der Waals surface area contributed by atoms with E-state index in [0.717, 1.165) is 88.1 Å². The molecule has 10 nitrogen and oxygen atoms in total. The number of hydrogen-bond donors (Lipinski definition) is 1. The van der Waals surface area contributed by atoms with Crippen molar-refractivity contribution in [1.29, 1.82) is 0 Å². The quantitative estimate of drug-likeness (QED) is 0.351. The molecule has 3 fully saturated rings. The number of methoxy groups -OCH3 is 1. The minimum atomic E-state index is -0.350. The van der Waals surface area contributed by atoms with Crippen LogP contribution in [-0.4, -0.2) is 106 Å². The smallest absolute Gasteiger partial charge is 0.331 e. The van der Waals surface area contributed by atoms with E-state index in [1.165, 1.54) is 10.6 Å². The highest BCUT2D eigenvalue weighted by molar-refractivity contribution is 6.34. The van der Waals surface area contributed by atoms with E-state index in [0.29, 0.717) is 17.3 Å². The van der Waals surface area contributed by atoms with Gasteiger partial charge >= 0.3 is 6.03 Å². The lowest BCUT2D eigenvalue weighted by atomic mass is 10.1. The fraction of sp³-hybridized carbons (Fsp3) is 0.412. The number of carbonyl (C=O) groups is 2. The first-order chi connectivity index (χ1) is 21.9. The van der Waals surface area contributed by atoms with Crippen molar-refractivity contribution < 1.29 is 14.3 Å². The molecular formula is C34H42ClN7O3. The number of piperazine rings is 2. The van der Waals surface area contributed by atoms with E-state index >= 15 is 0 Å². The van der Waals surface area contributed by atoms with E-state index < -0.39 is 0 Å². The fourth-order valence-electron chi connectivity index (χ4n) is 6.32. The summed E-state index contributed by atoms with van der Waals surface area (Å²) in [6.45, 7) is 10.7. The summed E-state index contributed by atoms with van der Waals surface area (Å²) in [6, 6.07) is 21.1. The molecule has 3 aromatic carbocycles. The first-order valence-corrected chi connectivity index (χ1v) is 16.1. The second-order valence-electron chi connectivity index (χ2n) is 11.9. The van der Waals surface area contributed by atoms with Gasteiger partial charge in [-0.3, -0.25) is 24.4 Å². The predicted molar refractivity (Wildman–Crippen MR) is 181 cm³/mol. The van der Waals surface area contributed by atoms with Crippen LogP contribution in [0, 0.1) is 0 Å². The topological polar surface area (TPSA) is 88.8 Å². The van der Waals surface area contributed by atoms with Crippen molar-refractivity contribution in [1.82, 2.24) is 14.7 Å². The highest BCUT2D eigenvalue weighted by Gasteiger charge is 2.34.